The quantitative estimate of drug-likeness (QED) is 0.0655. The van der Waals surface area contributed by atoms with E-state index in [1.807, 2.05) is 0 Å². The molecule has 0 saturated carbocycles. The third-order valence-electron chi connectivity index (χ3n) is 7.71. The highest BCUT2D eigenvalue weighted by Crippen LogP contribution is 2.12. The Labute approximate surface area is 316 Å². The molecule has 0 aromatic rings. The molecule has 0 atom stereocenters. The molecule has 0 rings (SSSR count). The predicted octanol–water partition coefficient (Wildman–Crippen LogP) is 6.25. The molecule has 0 N–H and O–H groups in total. The second-order valence-electron chi connectivity index (χ2n) is 12.3. The summed E-state index contributed by atoms with van der Waals surface area (Å²) >= 11 is 0. The monoisotopic (exact) mass is 759 g/mol. The number of unbranched alkanes of at least 4 members (excludes halogenated alkanes) is 12. The van der Waals surface area contributed by atoms with Crippen LogP contribution in [0.25, 0.3) is 0 Å². The molecule has 13 heteroatoms. The fourth-order valence-electron chi connectivity index (χ4n) is 4.80. The average Bonchev–Trinajstić information content (AvgIpc) is 3.16. The fourth-order valence-corrected chi connectivity index (χ4v) is 4.80. The summed E-state index contributed by atoms with van der Waals surface area (Å²) in [4.78, 5) is 0. The van der Waals surface area contributed by atoms with E-state index in [9.17, 15) is 4.39 Å². The minimum absolute atomic E-state index is 0.115. The van der Waals surface area contributed by atoms with Gasteiger partial charge in [-0.1, -0.05) is 84.0 Å². The lowest BCUT2D eigenvalue weighted by Gasteiger charge is -2.09. The predicted molar refractivity (Wildman–Crippen MR) is 201 cm³/mol. The van der Waals surface area contributed by atoms with E-state index in [1.54, 1.807) is 0 Å². The van der Waals surface area contributed by atoms with Crippen molar-refractivity contribution in [3.8, 4) is 0 Å². The molecule has 0 amide bonds. The Morgan fingerprint density at radius 2 is 0.385 bits per heavy atom. The van der Waals surface area contributed by atoms with Crippen LogP contribution < -0.4 is 0 Å². The van der Waals surface area contributed by atoms with E-state index in [-0.39, 0.29) is 6.61 Å². The van der Waals surface area contributed by atoms with Crippen LogP contribution in [0.15, 0.2) is 0 Å². The van der Waals surface area contributed by atoms with Crippen LogP contribution in [-0.2, 0) is 56.8 Å². The number of ether oxygens (including phenoxy) is 12. The Bertz CT molecular complexity index is 562. The van der Waals surface area contributed by atoms with E-state index < -0.39 is 6.67 Å². The Morgan fingerprint density at radius 1 is 0.212 bits per heavy atom. The number of hydrogen-bond donors (Lipinski definition) is 0. The summed E-state index contributed by atoms with van der Waals surface area (Å²) in [6.07, 6.45) is 17.8. The van der Waals surface area contributed by atoms with Gasteiger partial charge in [-0.25, -0.2) is 4.39 Å². The van der Waals surface area contributed by atoms with Crippen molar-refractivity contribution in [3.05, 3.63) is 0 Å². The van der Waals surface area contributed by atoms with Crippen LogP contribution in [0, 0.1) is 0 Å². The van der Waals surface area contributed by atoms with E-state index in [1.165, 1.54) is 77.0 Å². The van der Waals surface area contributed by atoms with Gasteiger partial charge in [0, 0.05) is 6.61 Å². The van der Waals surface area contributed by atoms with Crippen molar-refractivity contribution in [2.75, 3.05) is 165 Å². The highest BCUT2D eigenvalue weighted by molar-refractivity contribution is 4.49. The van der Waals surface area contributed by atoms with Crippen LogP contribution in [0.4, 0.5) is 4.39 Å². The molecular formula is C39H79FO12. The number of rotatable bonds is 49. The zero-order valence-corrected chi connectivity index (χ0v) is 33.1. The summed E-state index contributed by atoms with van der Waals surface area (Å²) < 4.78 is 77.2. The Kier molecular flexibility index (Phi) is 49.9. The van der Waals surface area contributed by atoms with E-state index in [0.29, 0.717) is 145 Å². The van der Waals surface area contributed by atoms with Gasteiger partial charge in [0.2, 0.25) is 0 Å². The topological polar surface area (TPSA) is 111 Å². The summed E-state index contributed by atoms with van der Waals surface area (Å²) in [6.45, 7) is 14.1. The van der Waals surface area contributed by atoms with E-state index >= 15 is 0 Å². The van der Waals surface area contributed by atoms with Crippen LogP contribution in [-0.4, -0.2) is 165 Å². The minimum Gasteiger partial charge on any atom is -0.379 e. The summed E-state index contributed by atoms with van der Waals surface area (Å²) in [7, 11) is 0. The van der Waals surface area contributed by atoms with Gasteiger partial charge in [0.05, 0.1) is 152 Å². The molecule has 0 aromatic carbocycles. The molecule has 12 nitrogen and oxygen atoms in total. The summed E-state index contributed by atoms with van der Waals surface area (Å²) in [5.41, 5.74) is 0. The molecule has 52 heavy (non-hydrogen) atoms. The smallest absolute Gasteiger partial charge is 0.113 e. The third-order valence-corrected chi connectivity index (χ3v) is 7.71. The molecule has 0 aliphatic carbocycles. The van der Waals surface area contributed by atoms with Crippen LogP contribution in [0.1, 0.15) is 90.4 Å². The first-order chi connectivity index (χ1) is 25.9. The van der Waals surface area contributed by atoms with Crippen molar-refractivity contribution in [2.45, 2.75) is 90.4 Å². The minimum atomic E-state index is -0.473. The van der Waals surface area contributed by atoms with Gasteiger partial charge < -0.3 is 56.8 Å². The van der Waals surface area contributed by atoms with Gasteiger partial charge in [0.25, 0.3) is 0 Å². The van der Waals surface area contributed by atoms with Crippen molar-refractivity contribution in [1.82, 2.24) is 0 Å². The molecule has 314 valence electrons. The van der Waals surface area contributed by atoms with Crippen molar-refractivity contribution in [3.63, 3.8) is 0 Å². The number of halogens is 1. The molecule has 0 aliphatic heterocycles. The molecule has 0 radical (unpaired) electrons. The van der Waals surface area contributed by atoms with Crippen LogP contribution in [0.2, 0.25) is 0 Å². The number of hydrogen-bond acceptors (Lipinski definition) is 12. The Hall–Kier alpha value is -0.550. The van der Waals surface area contributed by atoms with E-state index in [2.05, 4.69) is 6.92 Å². The maximum absolute atomic E-state index is 11.8. The fraction of sp³-hybridized carbons (Fsp3) is 1.00. The van der Waals surface area contributed by atoms with Gasteiger partial charge in [0.15, 0.2) is 0 Å². The first-order valence-corrected chi connectivity index (χ1v) is 20.4. The van der Waals surface area contributed by atoms with Crippen LogP contribution in [0.5, 0.6) is 0 Å². The van der Waals surface area contributed by atoms with Crippen molar-refractivity contribution in [1.29, 1.82) is 0 Å². The summed E-state index contributed by atoms with van der Waals surface area (Å²) in [5, 5.41) is 0. The lowest BCUT2D eigenvalue weighted by atomic mass is 10.0. The van der Waals surface area contributed by atoms with Gasteiger partial charge in [0.1, 0.15) is 6.67 Å². The van der Waals surface area contributed by atoms with Gasteiger partial charge in [-0.3, -0.25) is 0 Å². The second-order valence-corrected chi connectivity index (χ2v) is 12.3. The zero-order chi connectivity index (χ0) is 37.4. The van der Waals surface area contributed by atoms with Crippen LogP contribution >= 0.6 is 0 Å². The Balaban J connectivity index is 3.04. The van der Waals surface area contributed by atoms with Gasteiger partial charge in [-0.15, -0.1) is 0 Å². The molecule has 0 heterocycles. The first-order valence-electron chi connectivity index (χ1n) is 20.4. The van der Waals surface area contributed by atoms with E-state index in [4.69, 9.17) is 56.8 Å². The summed E-state index contributed by atoms with van der Waals surface area (Å²) in [5.74, 6) is 0. The van der Waals surface area contributed by atoms with Crippen LogP contribution in [0.3, 0.4) is 0 Å². The molecular weight excluding hydrogens is 679 g/mol. The SMILES string of the molecule is CCCCCCCCCCCCCCCOCCOCCOCCOCCOCCOCCOCCOCCOCCOCCOCCOCCF. The molecule has 0 aromatic heterocycles. The van der Waals surface area contributed by atoms with Crippen molar-refractivity contribution < 1.29 is 61.2 Å². The Morgan fingerprint density at radius 3 is 0.596 bits per heavy atom. The van der Waals surface area contributed by atoms with Gasteiger partial charge >= 0.3 is 0 Å². The lowest BCUT2D eigenvalue weighted by molar-refractivity contribution is -0.0284. The molecule has 0 spiro atoms. The van der Waals surface area contributed by atoms with Crippen molar-refractivity contribution in [2.24, 2.45) is 0 Å². The second kappa shape index (κ2) is 50.5. The largest absolute Gasteiger partial charge is 0.379 e. The number of alkyl halides is 1. The van der Waals surface area contributed by atoms with Gasteiger partial charge in [-0.2, -0.15) is 0 Å². The standard InChI is InChI=1S/C39H79FO12/c1-2-3-4-5-6-7-8-9-10-11-12-13-14-16-41-18-20-43-22-24-45-26-28-47-30-32-49-34-36-51-38-39-52-37-35-50-33-31-48-29-27-46-25-23-44-21-19-42-17-15-40/h2-39H2,1H3. The molecule has 0 saturated heterocycles. The third kappa shape index (κ3) is 49.5. The molecule has 0 aliphatic rings. The van der Waals surface area contributed by atoms with E-state index in [0.717, 1.165) is 13.0 Å². The molecule has 0 fully saturated rings. The summed E-state index contributed by atoms with van der Waals surface area (Å²) in [6, 6.07) is 0. The highest BCUT2D eigenvalue weighted by Gasteiger charge is 1.98. The van der Waals surface area contributed by atoms with Crippen molar-refractivity contribution >= 4 is 0 Å². The molecule has 0 bridgehead atoms. The first kappa shape index (κ1) is 51.5. The van der Waals surface area contributed by atoms with Gasteiger partial charge in [-0.05, 0) is 6.42 Å². The lowest BCUT2D eigenvalue weighted by Crippen LogP contribution is -2.15. The normalized spacial score (nSPS) is 11.7. The maximum atomic E-state index is 11.8. The zero-order valence-electron chi connectivity index (χ0n) is 33.1. The highest BCUT2D eigenvalue weighted by atomic mass is 19.1. The average molecular weight is 759 g/mol. The maximum Gasteiger partial charge on any atom is 0.113 e. The molecule has 0 unspecified atom stereocenters.